The van der Waals surface area contributed by atoms with Crippen LogP contribution in [0, 0.1) is 0 Å². The molecule has 0 saturated carbocycles. The van der Waals surface area contributed by atoms with Gasteiger partial charge in [0.05, 0.1) is 16.3 Å². The Kier molecular flexibility index (Phi) is 5.12. The highest BCUT2D eigenvalue weighted by molar-refractivity contribution is 7.89. The van der Waals surface area contributed by atoms with Crippen LogP contribution in [0.1, 0.15) is 6.42 Å². The molecule has 0 amide bonds. The number of rotatable bonds is 6. The van der Waals surface area contributed by atoms with E-state index >= 15 is 0 Å². The predicted molar refractivity (Wildman–Crippen MR) is 74.3 cm³/mol. The maximum Gasteiger partial charge on any atom is 0.238 e. The molecule has 0 aliphatic carbocycles. The monoisotopic (exact) mass is 291 g/mol. The number of primary sulfonamides is 1. The van der Waals surface area contributed by atoms with Crippen LogP contribution in [0.3, 0.4) is 0 Å². The van der Waals surface area contributed by atoms with E-state index in [4.69, 9.17) is 10.9 Å². The second-order valence-corrected chi connectivity index (χ2v) is 6.97. The van der Waals surface area contributed by atoms with Gasteiger partial charge >= 0.3 is 0 Å². The first kappa shape index (κ1) is 14.9. The number of nitrogens with one attached hydrogen (secondary N) is 1. The van der Waals surface area contributed by atoms with Gasteiger partial charge in [0, 0.05) is 29.4 Å². The minimum Gasteiger partial charge on any atom is -0.397 e. The first-order valence-corrected chi connectivity index (χ1v) is 8.54. The molecule has 0 saturated heterocycles. The predicted octanol–water partition coefficient (Wildman–Crippen LogP) is 0.0967. The maximum absolute atomic E-state index is 11.2. The number of nitrogens with two attached hydrogens (primary N) is 2. The van der Waals surface area contributed by atoms with Crippen molar-refractivity contribution in [2.45, 2.75) is 11.3 Å². The second-order valence-electron chi connectivity index (χ2n) is 3.85. The van der Waals surface area contributed by atoms with E-state index in [1.807, 2.05) is 0 Å². The Morgan fingerprint density at radius 2 is 2.06 bits per heavy atom. The number of hydrogen-bond donors (Lipinski definition) is 3. The minimum atomic E-state index is -3.73. The van der Waals surface area contributed by atoms with Crippen LogP contribution in [0.5, 0.6) is 0 Å². The Morgan fingerprint density at radius 1 is 1.39 bits per heavy atom. The smallest absolute Gasteiger partial charge is 0.238 e. The van der Waals surface area contributed by atoms with Crippen LogP contribution in [0.15, 0.2) is 23.1 Å². The molecule has 0 aliphatic heterocycles. The maximum atomic E-state index is 11.2. The average molecular weight is 291 g/mol. The van der Waals surface area contributed by atoms with Crippen molar-refractivity contribution in [1.29, 1.82) is 0 Å². The minimum absolute atomic E-state index is 0.0123. The van der Waals surface area contributed by atoms with E-state index in [0.717, 1.165) is 0 Å². The molecule has 0 spiro atoms. The standard InChI is InChI=1S/C10H17N3O3S2/c1-17(14)6-2-5-13-10-7-8(18(12,15)16)3-4-9(10)11/h3-4,7,13H,2,5-6,11H2,1H3,(H2,12,15,16). The highest BCUT2D eigenvalue weighted by Gasteiger charge is 2.09. The summed E-state index contributed by atoms with van der Waals surface area (Å²) in [5.41, 5.74) is 6.68. The third-order valence-corrected chi connectivity index (χ3v) is 4.05. The zero-order chi connectivity index (χ0) is 13.8. The fraction of sp³-hybridized carbons (Fsp3) is 0.400. The highest BCUT2D eigenvalue weighted by atomic mass is 32.2. The summed E-state index contributed by atoms with van der Waals surface area (Å²) in [6.45, 7) is 0.567. The molecule has 1 aromatic rings. The largest absolute Gasteiger partial charge is 0.397 e. The summed E-state index contributed by atoms with van der Waals surface area (Å²) in [5, 5.41) is 8.04. The Hall–Kier alpha value is -1.12. The van der Waals surface area contributed by atoms with Crippen molar-refractivity contribution in [3.63, 3.8) is 0 Å². The van der Waals surface area contributed by atoms with Crippen LogP contribution in [-0.2, 0) is 20.8 Å². The lowest BCUT2D eigenvalue weighted by Crippen LogP contribution is -2.13. The molecule has 1 atom stereocenters. The third-order valence-electron chi connectivity index (χ3n) is 2.28. The zero-order valence-electron chi connectivity index (χ0n) is 10.0. The lowest BCUT2D eigenvalue weighted by Gasteiger charge is -2.10. The van der Waals surface area contributed by atoms with E-state index in [1.165, 1.54) is 18.2 Å². The molecule has 0 fully saturated rings. The second kappa shape index (κ2) is 6.17. The van der Waals surface area contributed by atoms with E-state index < -0.39 is 20.8 Å². The van der Waals surface area contributed by atoms with Crippen molar-refractivity contribution in [3.8, 4) is 0 Å². The molecular formula is C10H17N3O3S2. The molecule has 102 valence electrons. The average Bonchev–Trinajstić information content (AvgIpc) is 2.24. The van der Waals surface area contributed by atoms with Crippen LogP contribution < -0.4 is 16.2 Å². The molecule has 0 aromatic heterocycles. The molecule has 0 aliphatic rings. The van der Waals surface area contributed by atoms with Gasteiger partial charge < -0.3 is 11.1 Å². The molecule has 0 radical (unpaired) electrons. The fourth-order valence-electron chi connectivity index (χ4n) is 1.36. The number of sulfonamides is 1. The summed E-state index contributed by atoms with van der Waals surface area (Å²) in [5.74, 6) is 0.585. The summed E-state index contributed by atoms with van der Waals surface area (Å²) in [4.78, 5) is 0.0123. The van der Waals surface area contributed by atoms with Gasteiger partial charge in [-0.2, -0.15) is 0 Å². The third kappa shape index (κ3) is 4.63. The van der Waals surface area contributed by atoms with Gasteiger partial charge in [-0.15, -0.1) is 0 Å². The van der Waals surface area contributed by atoms with Gasteiger partial charge in [0.2, 0.25) is 10.0 Å². The van der Waals surface area contributed by atoms with E-state index in [0.29, 0.717) is 30.1 Å². The molecule has 1 aromatic carbocycles. The summed E-state index contributed by atoms with van der Waals surface area (Å²) in [7, 11) is -4.56. The van der Waals surface area contributed by atoms with Gasteiger partial charge in [-0.25, -0.2) is 13.6 Å². The van der Waals surface area contributed by atoms with Crippen LogP contribution >= 0.6 is 0 Å². The number of nitrogen functional groups attached to an aromatic ring is 1. The van der Waals surface area contributed by atoms with E-state index in [1.54, 1.807) is 6.26 Å². The molecule has 8 heteroatoms. The molecule has 1 rings (SSSR count). The van der Waals surface area contributed by atoms with Crippen molar-refractivity contribution >= 4 is 32.2 Å². The summed E-state index contributed by atoms with van der Waals surface area (Å²) < 4.78 is 33.2. The van der Waals surface area contributed by atoms with Crippen molar-refractivity contribution in [3.05, 3.63) is 18.2 Å². The van der Waals surface area contributed by atoms with Crippen molar-refractivity contribution in [2.24, 2.45) is 5.14 Å². The van der Waals surface area contributed by atoms with Crippen LogP contribution in [0.25, 0.3) is 0 Å². The van der Waals surface area contributed by atoms with E-state index in [9.17, 15) is 12.6 Å². The summed E-state index contributed by atoms with van der Waals surface area (Å²) in [6.07, 6.45) is 2.35. The van der Waals surface area contributed by atoms with Crippen LogP contribution in [-0.4, -0.2) is 31.2 Å². The van der Waals surface area contributed by atoms with Gasteiger partial charge in [-0.1, -0.05) is 0 Å². The molecule has 5 N–H and O–H groups in total. The number of hydrogen-bond acceptors (Lipinski definition) is 5. The van der Waals surface area contributed by atoms with E-state index in [-0.39, 0.29) is 4.90 Å². The highest BCUT2D eigenvalue weighted by Crippen LogP contribution is 2.21. The van der Waals surface area contributed by atoms with Crippen molar-refractivity contribution < 1.29 is 12.6 Å². The summed E-state index contributed by atoms with van der Waals surface area (Å²) >= 11 is 0. The Labute approximate surface area is 109 Å². The molecule has 18 heavy (non-hydrogen) atoms. The van der Waals surface area contributed by atoms with Crippen molar-refractivity contribution in [2.75, 3.05) is 29.6 Å². The van der Waals surface area contributed by atoms with E-state index in [2.05, 4.69) is 5.32 Å². The lowest BCUT2D eigenvalue weighted by atomic mass is 10.2. The molecule has 1 unspecified atom stereocenters. The lowest BCUT2D eigenvalue weighted by molar-refractivity contribution is 0.598. The Morgan fingerprint density at radius 3 is 2.61 bits per heavy atom. The van der Waals surface area contributed by atoms with Gasteiger partial charge in [0.15, 0.2) is 0 Å². The van der Waals surface area contributed by atoms with Gasteiger partial charge in [0.25, 0.3) is 0 Å². The topological polar surface area (TPSA) is 115 Å². The van der Waals surface area contributed by atoms with Gasteiger partial charge in [-0.3, -0.25) is 4.21 Å². The fourth-order valence-corrected chi connectivity index (χ4v) is 2.45. The zero-order valence-corrected chi connectivity index (χ0v) is 11.7. The molecule has 0 heterocycles. The number of anilines is 2. The van der Waals surface area contributed by atoms with Crippen LogP contribution in [0.4, 0.5) is 11.4 Å². The normalized spacial score (nSPS) is 13.2. The molecule has 6 nitrogen and oxygen atoms in total. The first-order chi connectivity index (χ1) is 8.30. The Bertz CT molecular complexity index is 543. The van der Waals surface area contributed by atoms with Crippen molar-refractivity contribution in [1.82, 2.24) is 0 Å². The van der Waals surface area contributed by atoms with Gasteiger partial charge in [0.1, 0.15) is 0 Å². The molecule has 0 bridgehead atoms. The summed E-state index contributed by atoms with van der Waals surface area (Å²) in [6, 6.07) is 4.24. The molecular weight excluding hydrogens is 274 g/mol. The van der Waals surface area contributed by atoms with Crippen LogP contribution in [0.2, 0.25) is 0 Å². The first-order valence-electron chi connectivity index (χ1n) is 5.27. The quantitative estimate of drug-likeness (QED) is 0.508. The number of benzene rings is 1. The SMILES string of the molecule is CS(=O)CCCNc1cc(S(N)(=O)=O)ccc1N. The van der Waals surface area contributed by atoms with Gasteiger partial charge in [-0.05, 0) is 24.6 Å². The Balaban J connectivity index is 2.73.